The summed E-state index contributed by atoms with van der Waals surface area (Å²) in [7, 11) is 0. The molecule has 0 amide bonds. The standard InChI is InChI=1S/C53H33N3S.C47H29N3S.C34H21NS/c1-4-14-34(15-5-1)37-26-30-46-43(32-37)50-51(42-21-11-10-20-41(42)49-44-33-38(35-16-6-2-7-17-35)27-31-48(44)57-52(49)50)55(46)40-28-24-36(25-29-40)53-54-45-22-12-13-23-47(45)56(53)39-18-8-3-9-19-39;1-3-11-30(12-4-1)33-20-24-41-38(27-33)45-46(50(41)35-22-18-32(19-23-35)40-29-49-26-10-9-17-43(49)48-40)37-16-8-7-15-36(37)44-39-28-34(31-13-5-2-6-14-31)21-25-42(39)51-47(44)45;1-3-11-22(12-4-1)23-19-20-30-28(21-23)32-31-27-17-9-10-18-29(27)35(24-13-5-2-6-14-24)33(31)25-15-7-8-16-26(25)34(32)36-30/h1-33H;1-29H;1-21H/i;;9D,10D,17D,18D. The highest BCUT2D eigenvalue weighted by molar-refractivity contribution is 7.28. The van der Waals surface area contributed by atoms with Crippen LogP contribution in [0.25, 0.3) is 276 Å². The second-order valence-electron chi connectivity index (χ2n) is 37.0. The van der Waals surface area contributed by atoms with Crippen molar-refractivity contribution < 1.29 is 5.48 Å². The Morgan fingerprint density at radius 1 is 0.208 bits per heavy atom. The van der Waals surface area contributed by atoms with Gasteiger partial charge in [0.05, 0.1) is 55.3 Å². The van der Waals surface area contributed by atoms with Crippen molar-refractivity contribution in [2.24, 2.45) is 0 Å². The molecule has 0 unspecified atom stereocenters. The van der Waals surface area contributed by atoms with E-state index in [1.165, 1.54) is 150 Å². The smallest absolute Gasteiger partial charge is 0.145 e. The zero-order chi connectivity index (χ0) is 98.0. The van der Waals surface area contributed by atoms with E-state index < -0.39 is 0 Å². The maximum absolute atomic E-state index is 9.10. The maximum Gasteiger partial charge on any atom is 0.145 e. The molecule has 0 radical (unpaired) electrons. The molecule has 9 heterocycles. The van der Waals surface area contributed by atoms with Crippen molar-refractivity contribution in [3.05, 3.63) is 504 Å². The number of benzene rings is 22. The first kappa shape index (κ1) is 78.7. The summed E-state index contributed by atoms with van der Waals surface area (Å²) < 4.78 is 54.2. The lowest BCUT2D eigenvalue weighted by molar-refractivity contribution is 1.10. The molecule has 0 saturated heterocycles. The predicted octanol–water partition coefficient (Wildman–Crippen LogP) is 37.6. The van der Waals surface area contributed by atoms with Gasteiger partial charge in [-0.3, -0.25) is 4.57 Å². The van der Waals surface area contributed by atoms with Crippen LogP contribution in [0.5, 0.6) is 0 Å². The first-order chi connectivity index (χ1) is 73.1. The van der Waals surface area contributed by atoms with Crippen molar-refractivity contribution in [1.29, 1.82) is 0 Å². The van der Waals surface area contributed by atoms with Crippen LogP contribution in [0, 0.1) is 0 Å². The third kappa shape index (κ3) is 13.4. The Balaban J connectivity index is 0.000000106. The van der Waals surface area contributed by atoms with Crippen molar-refractivity contribution in [3.8, 4) is 101 Å². The highest BCUT2D eigenvalue weighted by Crippen LogP contribution is 2.55. The molecule has 7 nitrogen and oxygen atoms in total. The average Bonchev–Trinajstić information content (AvgIpc) is 1.53. The van der Waals surface area contributed by atoms with Crippen LogP contribution in [0.3, 0.4) is 0 Å². The molecule has 0 aliphatic heterocycles. The number of hydrogen-bond acceptors (Lipinski definition) is 5. The maximum atomic E-state index is 9.10. The van der Waals surface area contributed by atoms with Gasteiger partial charge in [0.25, 0.3) is 0 Å². The topological polar surface area (TPSA) is 49.9 Å². The van der Waals surface area contributed by atoms with Crippen LogP contribution >= 0.6 is 34.0 Å². The number of fused-ring (bicyclic) bond motifs is 32. The van der Waals surface area contributed by atoms with Gasteiger partial charge in [0.2, 0.25) is 0 Å². The number of nitrogens with zero attached hydrogens (tertiary/aromatic N) is 7. The van der Waals surface area contributed by atoms with Gasteiger partial charge in [-0.2, -0.15) is 0 Å². The summed E-state index contributed by atoms with van der Waals surface area (Å²) in [6, 6.07) is 166. The molecule has 22 aromatic carbocycles. The number of thiophene rings is 3. The van der Waals surface area contributed by atoms with E-state index >= 15 is 0 Å². The Morgan fingerprint density at radius 3 is 1.04 bits per heavy atom. The average molecular weight is 1890 g/mol. The van der Waals surface area contributed by atoms with E-state index in [0.29, 0.717) is 10.9 Å². The molecule has 0 spiro atoms. The number of rotatable bonds is 11. The Morgan fingerprint density at radius 2 is 0.562 bits per heavy atom. The SMILES string of the molecule is [2H]c1c([2H])c([2H])c2c(c1[2H])c1c3c4cc(-c5ccccc5)ccc4sc3c3ccccc3c1n2-c1ccccc1.c1ccc(-c2ccc3sc4c(c3c2)c2ccccc2c2c4c3cc(-c4ccccc4)ccc3n2-c2ccc(-c3cn4ccccc4n3)cc2)cc1.c1ccc(-c2ccc3sc4c(c3c2)c2ccccc2c2c4c3cc(-c4ccccc4)ccc3n2-c2ccc(-c3nc4ccccc4n3-c3ccccc3)cc2)cc1. The second kappa shape index (κ2) is 33.8. The van der Waals surface area contributed by atoms with Crippen molar-refractivity contribution in [2.45, 2.75) is 0 Å². The van der Waals surface area contributed by atoms with Crippen molar-refractivity contribution >= 4 is 209 Å². The van der Waals surface area contributed by atoms with E-state index in [1.807, 2.05) is 106 Å². The number of aromatic nitrogens is 7. The van der Waals surface area contributed by atoms with Crippen molar-refractivity contribution in [1.82, 2.24) is 32.6 Å². The molecule has 9 aromatic heterocycles. The predicted molar refractivity (Wildman–Crippen MR) is 615 cm³/mol. The fraction of sp³-hybridized carbons (Fsp3) is 0. The molecule has 10 heteroatoms. The minimum Gasteiger partial charge on any atom is -0.309 e. The first-order valence-electron chi connectivity index (χ1n) is 50.6. The normalized spacial score (nSPS) is 12.3. The van der Waals surface area contributed by atoms with Gasteiger partial charge in [0.15, 0.2) is 0 Å². The van der Waals surface area contributed by atoms with Gasteiger partial charge in [-0.05, 0) is 218 Å². The van der Waals surface area contributed by atoms with Crippen LogP contribution in [0.2, 0.25) is 0 Å². The van der Waals surface area contributed by atoms with Crippen LogP contribution < -0.4 is 0 Å². The molecule has 0 aliphatic carbocycles. The van der Waals surface area contributed by atoms with Crippen LogP contribution in [-0.2, 0) is 0 Å². The third-order valence-corrected chi connectivity index (χ3v) is 32.5. The van der Waals surface area contributed by atoms with Gasteiger partial charge in [-0.15, -0.1) is 34.0 Å². The van der Waals surface area contributed by atoms with Gasteiger partial charge >= 0.3 is 0 Å². The Bertz CT molecular complexity index is 10800. The summed E-state index contributed by atoms with van der Waals surface area (Å²) in [5.74, 6) is 0.927. The van der Waals surface area contributed by atoms with Gasteiger partial charge in [0.1, 0.15) is 11.5 Å². The fourth-order valence-electron chi connectivity index (χ4n) is 22.5. The molecule has 31 rings (SSSR count). The first-order valence-corrected chi connectivity index (χ1v) is 51.1. The molecule has 31 aromatic rings. The highest BCUT2D eigenvalue weighted by atomic mass is 32.1. The molecule has 672 valence electrons. The van der Waals surface area contributed by atoms with Crippen molar-refractivity contribution in [2.75, 3.05) is 0 Å². The van der Waals surface area contributed by atoms with Gasteiger partial charge in [0, 0.05) is 161 Å². The van der Waals surface area contributed by atoms with E-state index in [0.717, 1.165) is 115 Å². The quantitative estimate of drug-likeness (QED) is 0.130. The zero-order valence-corrected chi connectivity index (χ0v) is 79.9. The molecule has 0 fully saturated rings. The van der Waals surface area contributed by atoms with Crippen molar-refractivity contribution in [3.63, 3.8) is 0 Å². The third-order valence-electron chi connectivity index (χ3n) is 28.9. The minimum atomic E-state index is -0.223. The fourth-order valence-corrected chi connectivity index (χ4v) is 26.2. The summed E-state index contributed by atoms with van der Waals surface area (Å²) in [6.45, 7) is 0. The Labute approximate surface area is 845 Å². The highest BCUT2D eigenvalue weighted by Gasteiger charge is 2.29. The Hall–Kier alpha value is -18.2. The van der Waals surface area contributed by atoms with E-state index in [9.17, 15) is 0 Å². The summed E-state index contributed by atoms with van der Waals surface area (Å²) in [4.78, 5) is 10.1. The summed E-state index contributed by atoms with van der Waals surface area (Å²) in [5, 5.41) is 21.2. The molecule has 0 saturated carbocycles. The zero-order valence-electron chi connectivity index (χ0n) is 81.5. The van der Waals surface area contributed by atoms with E-state index in [-0.39, 0.29) is 24.2 Å². The summed E-state index contributed by atoms with van der Waals surface area (Å²) >= 11 is 5.56. The second-order valence-corrected chi connectivity index (χ2v) is 40.2. The monoisotopic (exact) mass is 1890 g/mol. The number of pyridine rings is 1. The lowest BCUT2D eigenvalue weighted by Crippen LogP contribution is -1.98. The Kier molecular flexibility index (Phi) is 18.5. The molecular weight excluding hydrogens is 1800 g/mol. The van der Waals surface area contributed by atoms with E-state index in [2.05, 4.69) is 419 Å². The van der Waals surface area contributed by atoms with Gasteiger partial charge in [-0.1, -0.05) is 340 Å². The summed E-state index contributed by atoms with van der Waals surface area (Å²) in [6.07, 6.45) is 4.15. The summed E-state index contributed by atoms with van der Waals surface area (Å²) in [5.41, 5.74) is 28.7. The number of para-hydroxylation sites is 5. The largest absolute Gasteiger partial charge is 0.309 e. The number of hydrogen-bond donors (Lipinski definition) is 0. The molecule has 0 aliphatic rings. The van der Waals surface area contributed by atoms with Gasteiger partial charge < -0.3 is 18.1 Å². The molecule has 0 bridgehead atoms. The van der Waals surface area contributed by atoms with Crippen LogP contribution in [0.15, 0.2) is 504 Å². The molecular formula is C134H83N7S3. The van der Waals surface area contributed by atoms with Crippen LogP contribution in [0.1, 0.15) is 5.48 Å². The lowest BCUT2D eigenvalue weighted by atomic mass is 9.97. The van der Waals surface area contributed by atoms with E-state index in [1.54, 1.807) is 11.3 Å². The molecule has 144 heavy (non-hydrogen) atoms. The van der Waals surface area contributed by atoms with E-state index in [4.69, 9.17) is 15.5 Å². The lowest BCUT2D eigenvalue weighted by Gasteiger charge is -2.13. The number of imidazole rings is 2. The molecule has 0 N–H and O–H groups in total. The van der Waals surface area contributed by atoms with Gasteiger partial charge in [-0.25, -0.2) is 9.97 Å². The van der Waals surface area contributed by atoms with Crippen LogP contribution in [-0.4, -0.2) is 32.6 Å². The van der Waals surface area contributed by atoms with Crippen LogP contribution in [0.4, 0.5) is 0 Å². The minimum absolute atomic E-state index is 0.00849. The molecule has 0 atom stereocenters.